The lowest BCUT2D eigenvalue weighted by atomic mass is 10.2. The van der Waals surface area contributed by atoms with E-state index >= 15 is 0 Å². The van der Waals surface area contributed by atoms with Crippen molar-refractivity contribution in [1.82, 2.24) is 4.98 Å². The molecule has 0 atom stereocenters. The molecule has 0 unspecified atom stereocenters. The van der Waals surface area contributed by atoms with Gasteiger partial charge in [-0.15, -0.1) is 11.3 Å². The second kappa shape index (κ2) is 14.4. The molecule has 3 aromatic rings. The average Bonchev–Trinajstić information content (AvgIpc) is 3.32. The molecule has 2 aromatic carbocycles. The molecule has 11 heteroatoms. The molecule has 0 bridgehead atoms. The van der Waals surface area contributed by atoms with Crippen LogP contribution in [0.3, 0.4) is 0 Å². The van der Waals surface area contributed by atoms with Crippen LogP contribution in [-0.2, 0) is 20.7 Å². The highest BCUT2D eigenvalue weighted by Gasteiger charge is 2.10. The molecule has 0 radical (unpaired) electrons. The van der Waals surface area contributed by atoms with Crippen LogP contribution < -0.4 is 25.0 Å². The number of carbonyl (C=O) groups is 2. The van der Waals surface area contributed by atoms with Gasteiger partial charge >= 0.3 is 5.97 Å². The normalized spacial score (nSPS) is 10.7. The summed E-state index contributed by atoms with van der Waals surface area (Å²) in [6, 6.07) is 12.4. The Hall–Kier alpha value is -4.12. The van der Waals surface area contributed by atoms with E-state index in [0.29, 0.717) is 47.8 Å². The van der Waals surface area contributed by atoms with Crippen LogP contribution in [0.2, 0.25) is 0 Å². The summed E-state index contributed by atoms with van der Waals surface area (Å²) < 4.78 is 21.7. The van der Waals surface area contributed by atoms with E-state index in [1.165, 1.54) is 11.3 Å². The number of hydrazone groups is 1. The van der Waals surface area contributed by atoms with Crippen molar-refractivity contribution in [3.8, 4) is 17.2 Å². The maximum Gasteiger partial charge on any atom is 0.311 e. The Labute approximate surface area is 219 Å². The third-order valence-electron chi connectivity index (χ3n) is 4.63. The number of aromatic nitrogens is 1. The highest BCUT2D eigenvalue weighted by atomic mass is 32.1. The molecule has 0 aliphatic heterocycles. The Morgan fingerprint density at radius 2 is 1.76 bits per heavy atom. The fourth-order valence-corrected chi connectivity index (χ4v) is 3.75. The van der Waals surface area contributed by atoms with Crippen molar-refractivity contribution >= 4 is 40.2 Å². The molecular formula is C26H30N4O6S. The molecule has 0 aliphatic carbocycles. The first-order valence-corrected chi connectivity index (χ1v) is 12.7. The minimum absolute atomic E-state index is 0.118. The summed E-state index contributed by atoms with van der Waals surface area (Å²) in [5.74, 6) is 1.06. The van der Waals surface area contributed by atoms with E-state index in [9.17, 15) is 9.59 Å². The predicted molar refractivity (Wildman–Crippen MR) is 143 cm³/mol. The molecule has 0 saturated heterocycles. The SMILES string of the molecule is CCOC(=O)Cc1csc(NN=Cc2ccc(OCC(=O)Nc3ccc(OCC)cc3)c(OCC)c2)n1. The molecule has 0 aliphatic rings. The number of benzene rings is 2. The van der Waals surface area contributed by atoms with Crippen molar-refractivity contribution in [1.29, 1.82) is 0 Å². The second-order valence-electron chi connectivity index (χ2n) is 7.43. The van der Waals surface area contributed by atoms with Gasteiger partial charge in [0.05, 0.1) is 38.1 Å². The Morgan fingerprint density at radius 3 is 2.49 bits per heavy atom. The number of hydrogen-bond acceptors (Lipinski definition) is 10. The standard InChI is InChI=1S/C26H30N4O6S/c1-4-33-21-10-8-19(9-11-21)28-24(31)16-36-22-12-7-18(13-23(22)34-5-2)15-27-30-26-29-20(17-37-26)14-25(32)35-6-3/h7-13,15,17H,4-6,14,16H2,1-3H3,(H,28,31)(H,29,30). The molecule has 0 spiro atoms. The lowest BCUT2D eigenvalue weighted by Gasteiger charge is -2.13. The lowest BCUT2D eigenvalue weighted by molar-refractivity contribution is -0.142. The smallest absolute Gasteiger partial charge is 0.311 e. The number of anilines is 2. The minimum atomic E-state index is -0.317. The van der Waals surface area contributed by atoms with E-state index in [4.69, 9.17) is 18.9 Å². The highest BCUT2D eigenvalue weighted by molar-refractivity contribution is 7.13. The number of rotatable bonds is 14. The first-order valence-electron chi connectivity index (χ1n) is 11.8. The van der Waals surface area contributed by atoms with Crippen molar-refractivity contribution < 1.29 is 28.5 Å². The molecule has 10 nitrogen and oxygen atoms in total. The third kappa shape index (κ3) is 9.12. The molecule has 3 rings (SSSR count). The molecule has 2 N–H and O–H groups in total. The fourth-order valence-electron chi connectivity index (χ4n) is 3.10. The van der Waals surface area contributed by atoms with Crippen molar-refractivity contribution in [3.63, 3.8) is 0 Å². The molecule has 37 heavy (non-hydrogen) atoms. The van der Waals surface area contributed by atoms with Crippen molar-refractivity contribution in [3.05, 3.63) is 59.1 Å². The van der Waals surface area contributed by atoms with Gasteiger partial charge in [-0.1, -0.05) is 0 Å². The molecule has 196 valence electrons. The molecule has 1 amide bonds. The number of thiazole rings is 1. The van der Waals surface area contributed by atoms with Crippen molar-refractivity contribution in [2.45, 2.75) is 27.2 Å². The molecule has 0 saturated carbocycles. The zero-order valence-corrected chi connectivity index (χ0v) is 21.8. The Kier molecular flexibility index (Phi) is 10.7. The van der Waals surface area contributed by atoms with E-state index in [0.717, 1.165) is 11.3 Å². The Bertz CT molecular complexity index is 1200. The number of esters is 1. The average molecular weight is 527 g/mol. The first-order chi connectivity index (χ1) is 18.0. The van der Waals surface area contributed by atoms with E-state index in [1.54, 1.807) is 61.0 Å². The second-order valence-corrected chi connectivity index (χ2v) is 8.29. The zero-order chi connectivity index (χ0) is 26.5. The van der Waals surface area contributed by atoms with Gasteiger partial charge in [-0.25, -0.2) is 4.98 Å². The topological polar surface area (TPSA) is 120 Å². The quantitative estimate of drug-likeness (QED) is 0.179. The summed E-state index contributed by atoms with van der Waals surface area (Å²) >= 11 is 1.34. The largest absolute Gasteiger partial charge is 0.494 e. The van der Waals surface area contributed by atoms with Gasteiger partial charge in [0.15, 0.2) is 18.1 Å². The highest BCUT2D eigenvalue weighted by Crippen LogP contribution is 2.28. The van der Waals surface area contributed by atoms with Crippen LogP contribution in [0.1, 0.15) is 32.0 Å². The zero-order valence-electron chi connectivity index (χ0n) is 21.0. The molecule has 0 fully saturated rings. The van der Waals surface area contributed by atoms with Crippen LogP contribution in [0.4, 0.5) is 10.8 Å². The van der Waals surface area contributed by atoms with Gasteiger partial charge < -0.3 is 24.3 Å². The number of carbonyl (C=O) groups excluding carboxylic acids is 2. The van der Waals surface area contributed by atoms with Crippen LogP contribution in [0.25, 0.3) is 0 Å². The van der Waals surface area contributed by atoms with Crippen LogP contribution in [0.5, 0.6) is 17.2 Å². The fraction of sp³-hybridized carbons (Fsp3) is 0.308. The lowest BCUT2D eigenvalue weighted by Crippen LogP contribution is -2.20. The number of ether oxygens (including phenoxy) is 4. The summed E-state index contributed by atoms with van der Waals surface area (Å²) in [5.41, 5.74) is 4.87. The van der Waals surface area contributed by atoms with Gasteiger partial charge in [-0.2, -0.15) is 5.10 Å². The third-order valence-corrected chi connectivity index (χ3v) is 5.43. The molecule has 1 heterocycles. The van der Waals surface area contributed by atoms with Crippen LogP contribution in [0, 0.1) is 0 Å². The van der Waals surface area contributed by atoms with Gasteiger partial charge in [-0.3, -0.25) is 15.0 Å². The van der Waals surface area contributed by atoms with Crippen LogP contribution in [0.15, 0.2) is 52.9 Å². The van der Waals surface area contributed by atoms with E-state index in [2.05, 4.69) is 20.8 Å². The summed E-state index contributed by atoms with van der Waals surface area (Å²) in [4.78, 5) is 28.2. The number of hydrogen-bond donors (Lipinski definition) is 2. The van der Waals surface area contributed by atoms with E-state index < -0.39 is 0 Å². The van der Waals surface area contributed by atoms with E-state index in [-0.39, 0.29) is 24.9 Å². The van der Waals surface area contributed by atoms with E-state index in [1.807, 2.05) is 13.8 Å². The minimum Gasteiger partial charge on any atom is -0.494 e. The maximum absolute atomic E-state index is 12.3. The maximum atomic E-state index is 12.3. The van der Waals surface area contributed by atoms with Crippen LogP contribution >= 0.6 is 11.3 Å². The Balaban J connectivity index is 1.54. The molecule has 1 aromatic heterocycles. The van der Waals surface area contributed by atoms with Gasteiger partial charge in [0, 0.05) is 11.1 Å². The van der Waals surface area contributed by atoms with Crippen molar-refractivity contribution in [2.75, 3.05) is 37.2 Å². The Morgan fingerprint density at radius 1 is 0.973 bits per heavy atom. The number of amides is 1. The van der Waals surface area contributed by atoms with Gasteiger partial charge in [-0.05, 0) is 68.8 Å². The number of nitrogens with zero attached hydrogens (tertiary/aromatic N) is 2. The van der Waals surface area contributed by atoms with Crippen LogP contribution in [-0.4, -0.2) is 49.5 Å². The summed E-state index contributed by atoms with van der Waals surface area (Å²) in [6.45, 7) is 6.70. The van der Waals surface area contributed by atoms with Gasteiger partial charge in [0.25, 0.3) is 5.91 Å². The number of nitrogens with one attached hydrogen (secondary N) is 2. The van der Waals surface area contributed by atoms with Gasteiger partial charge in [0.2, 0.25) is 5.13 Å². The summed E-state index contributed by atoms with van der Waals surface area (Å²) in [6.07, 6.45) is 1.73. The summed E-state index contributed by atoms with van der Waals surface area (Å²) in [7, 11) is 0. The van der Waals surface area contributed by atoms with Crippen molar-refractivity contribution in [2.24, 2.45) is 5.10 Å². The first kappa shape index (κ1) is 27.5. The summed E-state index contributed by atoms with van der Waals surface area (Å²) in [5, 5.41) is 9.32. The predicted octanol–water partition coefficient (Wildman–Crippen LogP) is 4.51. The molecular weight excluding hydrogens is 496 g/mol. The van der Waals surface area contributed by atoms with Gasteiger partial charge in [0.1, 0.15) is 5.75 Å². The monoisotopic (exact) mass is 526 g/mol.